The van der Waals surface area contributed by atoms with Crippen molar-refractivity contribution in [2.75, 3.05) is 6.61 Å². The van der Waals surface area contributed by atoms with Gasteiger partial charge in [-0.1, -0.05) is 30.9 Å². The van der Waals surface area contributed by atoms with Crippen LogP contribution < -0.4 is 0 Å². The first-order chi connectivity index (χ1) is 9.79. The first kappa shape index (κ1) is 14.2. The fourth-order valence-electron chi connectivity index (χ4n) is 3.00. The summed E-state index contributed by atoms with van der Waals surface area (Å²) in [5, 5.41) is 3.50. The maximum Gasteiger partial charge on any atom is 0.160 e. The Hall–Kier alpha value is -0.710. The molecule has 0 bridgehead atoms. The van der Waals surface area contributed by atoms with Crippen LogP contribution in [-0.2, 0) is 4.74 Å². The van der Waals surface area contributed by atoms with Gasteiger partial charge in [-0.15, -0.1) is 11.3 Å². The standard InChI is InChI=1S/C15H19ClN2OS/c1-2-19-12(10-6-4-3-5-7-10)14-17-13(16)11-8-9-20-15(11)18-14/h8-10,12H,2-7H2,1H3. The molecule has 1 unspecified atom stereocenters. The van der Waals surface area contributed by atoms with Crippen LogP contribution in [0.4, 0.5) is 0 Å². The highest BCUT2D eigenvalue weighted by Crippen LogP contribution is 2.37. The Balaban J connectivity index is 1.95. The normalized spacial score (nSPS) is 18.5. The number of aromatic nitrogens is 2. The molecule has 1 atom stereocenters. The van der Waals surface area contributed by atoms with Gasteiger partial charge >= 0.3 is 0 Å². The molecule has 3 rings (SSSR count). The van der Waals surface area contributed by atoms with Gasteiger partial charge in [0.2, 0.25) is 0 Å². The summed E-state index contributed by atoms with van der Waals surface area (Å²) in [5.74, 6) is 1.29. The van der Waals surface area contributed by atoms with E-state index in [0.717, 1.165) is 16.0 Å². The summed E-state index contributed by atoms with van der Waals surface area (Å²) in [5.41, 5.74) is 0. The monoisotopic (exact) mass is 310 g/mol. The van der Waals surface area contributed by atoms with Gasteiger partial charge in [-0.25, -0.2) is 9.97 Å². The molecule has 0 N–H and O–H groups in total. The summed E-state index contributed by atoms with van der Waals surface area (Å²) >= 11 is 7.89. The number of hydrogen-bond acceptors (Lipinski definition) is 4. The van der Waals surface area contributed by atoms with Gasteiger partial charge in [0.25, 0.3) is 0 Å². The Kier molecular flexibility index (Phi) is 4.54. The smallest absolute Gasteiger partial charge is 0.160 e. The Morgan fingerprint density at radius 1 is 1.35 bits per heavy atom. The third-order valence-corrected chi connectivity index (χ3v) is 5.07. The van der Waals surface area contributed by atoms with Crippen LogP contribution in [0, 0.1) is 5.92 Å². The lowest BCUT2D eigenvalue weighted by Crippen LogP contribution is -2.21. The number of hydrogen-bond donors (Lipinski definition) is 0. The maximum atomic E-state index is 6.29. The molecule has 0 saturated heterocycles. The summed E-state index contributed by atoms with van der Waals surface area (Å²) in [7, 11) is 0. The highest BCUT2D eigenvalue weighted by molar-refractivity contribution is 7.16. The van der Waals surface area contributed by atoms with Crippen molar-refractivity contribution in [3.63, 3.8) is 0 Å². The molecular formula is C15H19ClN2OS. The van der Waals surface area contributed by atoms with Crippen LogP contribution in [0.1, 0.15) is 51.0 Å². The van der Waals surface area contributed by atoms with Crippen molar-refractivity contribution >= 4 is 33.2 Å². The number of nitrogens with zero attached hydrogens (tertiary/aromatic N) is 2. The van der Waals surface area contributed by atoms with Crippen molar-refractivity contribution in [3.8, 4) is 0 Å². The van der Waals surface area contributed by atoms with Crippen LogP contribution in [0.5, 0.6) is 0 Å². The van der Waals surface area contributed by atoms with E-state index in [9.17, 15) is 0 Å². The van der Waals surface area contributed by atoms with Crippen LogP contribution in [0.15, 0.2) is 11.4 Å². The van der Waals surface area contributed by atoms with Gasteiger partial charge in [0.1, 0.15) is 16.1 Å². The lowest BCUT2D eigenvalue weighted by Gasteiger charge is -2.29. The molecule has 1 aliphatic rings. The van der Waals surface area contributed by atoms with E-state index < -0.39 is 0 Å². The van der Waals surface area contributed by atoms with Crippen molar-refractivity contribution in [1.82, 2.24) is 9.97 Å². The molecule has 2 aromatic rings. The van der Waals surface area contributed by atoms with Crippen LogP contribution in [0.3, 0.4) is 0 Å². The zero-order valence-corrected chi connectivity index (χ0v) is 13.2. The van der Waals surface area contributed by atoms with Gasteiger partial charge in [0, 0.05) is 12.0 Å². The molecule has 108 valence electrons. The van der Waals surface area contributed by atoms with Crippen molar-refractivity contribution in [2.24, 2.45) is 5.92 Å². The van der Waals surface area contributed by atoms with Crippen LogP contribution in [0.2, 0.25) is 5.15 Å². The molecule has 3 nitrogen and oxygen atoms in total. The summed E-state index contributed by atoms with van der Waals surface area (Å²) in [6.07, 6.45) is 6.29. The minimum absolute atomic E-state index is 0.00991. The molecular weight excluding hydrogens is 292 g/mol. The average Bonchev–Trinajstić information content (AvgIpc) is 2.94. The molecule has 1 aliphatic carbocycles. The topological polar surface area (TPSA) is 35.0 Å². The zero-order chi connectivity index (χ0) is 13.9. The highest BCUT2D eigenvalue weighted by Gasteiger charge is 2.28. The molecule has 20 heavy (non-hydrogen) atoms. The number of thiophene rings is 1. The molecule has 2 aromatic heterocycles. The average molecular weight is 311 g/mol. The predicted octanol–water partition coefficient (Wildman–Crippen LogP) is 5.00. The Bertz CT molecular complexity index is 580. The predicted molar refractivity (Wildman–Crippen MR) is 83.4 cm³/mol. The highest BCUT2D eigenvalue weighted by atomic mass is 35.5. The van der Waals surface area contributed by atoms with Crippen molar-refractivity contribution in [1.29, 1.82) is 0 Å². The number of halogens is 1. The third-order valence-electron chi connectivity index (χ3n) is 3.97. The maximum absolute atomic E-state index is 6.29. The fraction of sp³-hybridized carbons (Fsp3) is 0.600. The van der Waals surface area contributed by atoms with Gasteiger partial charge in [0.05, 0.1) is 0 Å². The first-order valence-electron chi connectivity index (χ1n) is 7.32. The molecule has 1 fully saturated rings. The van der Waals surface area contributed by atoms with Gasteiger partial charge in [-0.3, -0.25) is 0 Å². The van der Waals surface area contributed by atoms with Gasteiger partial charge in [0.15, 0.2) is 5.82 Å². The second kappa shape index (κ2) is 6.37. The van der Waals surface area contributed by atoms with Crippen molar-refractivity contribution in [2.45, 2.75) is 45.1 Å². The molecule has 0 amide bonds. The van der Waals surface area contributed by atoms with E-state index >= 15 is 0 Å². The Morgan fingerprint density at radius 3 is 2.90 bits per heavy atom. The summed E-state index contributed by atoms with van der Waals surface area (Å²) in [4.78, 5) is 10.2. The molecule has 0 radical (unpaired) electrons. The van der Waals surface area contributed by atoms with Crippen LogP contribution in [-0.4, -0.2) is 16.6 Å². The zero-order valence-electron chi connectivity index (χ0n) is 11.6. The Labute approximate surface area is 128 Å². The first-order valence-corrected chi connectivity index (χ1v) is 8.57. The van der Waals surface area contributed by atoms with E-state index in [1.807, 2.05) is 18.4 Å². The van der Waals surface area contributed by atoms with E-state index in [0.29, 0.717) is 17.7 Å². The third kappa shape index (κ3) is 2.83. The van der Waals surface area contributed by atoms with E-state index in [1.165, 1.54) is 32.1 Å². The van der Waals surface area contributed by atoms with E-state index in [2.05, 4.69) is 9.97 Å². The van der Waals surface area contributed by atoms with Gasteiger partial charge in [-0.05, 0) is 37.1 Å². The molecule has 1 saturated carbocycles. The fourth-order valence-corrected chi connectivity index (χ4v) is 4.07. The minimum atomic E-state index is -0.00991. The lowest BCUT2D eigenvalue weighted by atomic mass is 9.85. The Morgan fingerprint density at radius 2 is 2.15 bits per heavy atom. The second-order valence-corrected chi connectivity index (χ2v) is 6.54. The number of ether oxygens (including phenoxy) is 1. The van der Waals surface area contributed by atoms with Crippen molar-refractivity contribution in [3.05, 3.63) is 22.4 Å². The number of rotatable bonds is 4. The summed E-state index contributed by atoms with van der Waals surface area (Å²) < 4.78 is 5.97. The summed E-state index contributed by atoms with van der Waals surface area (Å²) in [6.45, 7) is 2.71. The van der Waals surface area contributed by atoms with Crippen molar-refractivity contribution < 1.29 is 4.74 Å². The SMILES string of the molecule is CCOC(c1nc(Cl)c2ccsc2n1)C1CCCCC1. The molecule has 0 spiro atoms. The molecule has 5 heteroatoms. The second-order valence-electron chi connectivity index (χ2n) is 5.29. The quantitative estimate of drug-likeness (QED) is 0.745. The van der Waals surface area contributed by atoms with E-state index in [-0.39, 0.29) is 6.10 Å². The minimum Gasteiger partial charge on any atom is -0.370 e. The van der Waals surface area contributed by atoms with E-state index in [4.69, 9.17) is 16.3 Å². The summed E-state index contributed by atoms with van der Waals surface area (Å²) in [6, 6.07) is 1.97. The van der Waals surface area contributed by atoms with Crippen LogP contribution >= 0.6 is 22.9 Å². The van der Waals surface area contributed by atoms with Crippen LogP contribution in [0.25, 0.3) is 10.2 Å². The lowest BCUT2D eigenvalue weighted by molar-refractivity contribution is 0.0000759. The van der Waals surface area contributed by atoms with E-state index in [1.54, 1.807) is 11.3 Å². The molecule has 2 heterocycles. The van der Waals surface area contributed by atoms with Gasteiger partial charge < -0.3 is 4.74 Å². The number of fused-ring (bicyclic) bond motifs is 1. The van der Waals surface area contributed by atoms with Gasteiger partial charge in [-0.2, -0.15) is 0 Å². The molecule has 0 aliphatic heterocycles. The molecule has 0 aromatic carbocycles. The largest absolute Gasteiger partial charge is 0.370 e.